The number of amides is 1. The van der Waals surface area contributed by atoms with Crippen LogP contribution in [0.1, 0.15) is 10.4 Å². The van der Waals surface area contributed by atoms with Crippen LogP contribution < -0.4 is 14.8 Å². The van der Waals surface area contributed by atoms with Crippen LogP contribution in [-0.4, -0.2) is 25.1 Å². The predicted octanol–water partition coefficient (Wildman–Crippen LogP) is 3.11. The Kier molecular flexibility index (Phi) is 4.57. The van der Waals surface area contributed by atoms with Gasteiger partial charge < -0.3 is 14.8 Å². The maximum absolute atomic E-state index is 12.2. The molecule has 0 fully saturated rings. The van der Waals surface area contributed by atoms with E-state index < -0.39 is 0 Å². The summed E-state index contributed by atoms with van der Waals surface area (Å²) in [4.78, 5) is 16.1. The van der Waals surface area contributed by atoms with Gasteiger partial charge in [0.25, 0.3) is 5.91 Å². The Labute approximate surface area is 125 Å². The molecule has 0 bridgehead atoms. The Bertz CT molecular complexity index is 632. The predicted molar refractivity (Wildman–Crippen MR) is 79.4 cm³/mol. The summed E-state index contributed by atoms with van der Waals surface area (Å²) >= 11 is 3.28. The number of aromatic nitrogens is 1. The fourth-order valence-corrected chi connectivity index (χ4v) is 2.01. The van der Waals surface area contributed by atoms with Crippen molar-refractivity contribution < 1.29 is 14.3 Å². The summed E-state index contributed by atoms with van der Waals surface area (Å²) in [5.74, 6) is 0.918. The molecule has 0 atom stereocenters. The van der Waals surface area contributed by atoms with E-state index in [9.17, 15) is 4.79 Å². The summed E-state index contributed by atoms with van der Waals surface area (Å²) in [7, 11) is 3.10. The van der Waals surface area contributed by atoms with Gasteiger partial charge in [-0.25, -0.2) is 0 Å². The van der Waals surface area contributed by atoms with E-state index >= 15 is 0 Å². The fourth-order valence-electron chi connectivity index (χ4n) is 1.64. The first-order valence-corrected chi connectivity index (χ1v) is 6.57. The highest BCUT2D eigenvalue weighted by Gasteiger charge is 2.11. The number of methoxy groups -OCH3 is 2. The topological polar surface area (TPSA) is 60.5 Å². The number of hydrogen-bond donors (Lipinski definition) is 1. The number of anilines is 1. The molecular formula is C14H13BrN2O3. The molecule has 6 heteroatoms. The number of pyridine rings is 1. The van der Waals surface area contributed by atoms with Gasteiger partial charge in [0, 0.05) is 22.9 Å². The van der Waals surface area contributed by atoms with E-state index in [4.69, 9.17) is 9.47 Å². The van der Waals surface area contributed by atoms with Crippen molar-refractivity contribution in [2.45, 2.75) is 0 Å². The average molecular weight is 337 g/mol. The van der Waals surface area contributed by atoms with Gasteiger partial charge >= 0.3 is 0 Å². The number of ether oxygens (including phenoxy) is 2. The van der Waals surface area contributed by atoms with Crippen LogP contribution in [0, 0.1) is 0 Å². The lowest BCUT2D eigenvalue weighted by atomic mass is 10.2. The van der Waals surface area contributed by atoms with Gasteiger partial charge in [-0.15, -0.1) is 0 Å². The zero-order chi connectivity index (χ0) is 14.5. The normalized spacial score (nSPS) is 9.95. The van der Waals surface area contributed by atoms with Crippen molar-refractivity contribution in [3.8, 4) is 11.5 Å². The van der Waals surface area contributed by atoms with Crippen LogP contribution in [0.5, 0.6) is 11.5 Å². The van der Waals surface area contributed by atoms with Crippen LogP contribution in [0.25, 0.3) is 0 Å². The fraction of sp³-hybridized carbons (Fsp3) is 0.143. The highest BCUT2D eigenvalue weighted by Crippen LogP contribution is 2.29. The van der Waals surface area contributed by atoms with Crippen molar-refractivity contribution in [3.63, 3.8) is 0 Å². The zero-order valence-electron chi connectivity index (χ0n) is 11.0. The van der Waals surface area contributed by atoms with Gasteiger partial charge in [-0.2, -0.15) is 0 Å². The Morgan fingerprint density at radius 1 is 1.20 bits per heavy atom. The second-order valence-corrected chi connectivity index (χ2v) is 4.83. The second kappa shape index (κ2) is 6.38. The summed E-state index contributed by atoms with van der Waals surface area (Å²) < 4.78 is 11.1. The molecule has 104 valence electrons. The first-order valence-electron chi connectivity index (χ1n) is 5.78. The number of benzene rings is 1. The Hall–Kier alpha value is -2.08. The van der Waals surface area contributed by atoms with E-state index in [1.807, 2.05) is 0 Å². The largest absolute Gasteiger partial charge is 0.497 e. The highest BCUT2D eigenvalue weighted by atomic mass is 79.9. The summed E-state index contributed by atoms with van der Waals surface area (Å²) in [6, 6.07) is 6.87. The van der Waals surface area contributed by atoms with Crippen molar-refractivity contribution in [3.05, 3.63) is 46.7 Å². The van der Waals surface area contributed by atoms with Crippen LogP contribution in [-0.2, 0) is 0 Å². The number of hydrogen-bond acceptors (Lipinski definition) is 4. The third kappa shape index (κ3) is 3.27. The van der Waals surface area contributed by atoms with Crippen molar-refractivity contribution >= 4 is 27.5 Å². The maximum Gasteiger partial charge on any atom is 0.257 e. The van der Waals surface area contributed by atoms with Gasteiger partial charge in [0.05, 0.1) is 25.5 Å². The lowest BCUT2D eigenvalue weighted by molar-refractivity contribution is 0.102. The van der Waals surface area contributed by atoms with E-state index in [0.29, 0.717) is 22.7 Å². The van der Waals surface area contributed by atoms with Gasteiger partial charge in [0.15, 0.2) is 0 Å². The lowest BCUT2D eigenvalue weighted by Crippen LogP contribution is -2.13. The third-order valence-electron chi connectivity index (χ3n) is 2.62. The monoisotopic (exact) mass is 336 g/mol. The maximum atomic E-state index is 12.2. The number of carbonyl (C=O) groups excluding carboxylic acids is 1. The highest BCUT2D eigenvalue weighted by molar-refractivity contribution is 9.10. The smallest absolute Gasteiger partial charge is 0.257 e. The molecule has 0 aliphatic carbocycles. The van der Waals surface area contributed by atoms with Gasteiger partial charge in [0.2, 0.25) is 0 Å². The summed E-state index contributed by atoms with van der Waals surface area (Å²) in [5.41, 5.74) is 0.987. The van der Waals surface area contributed by atoms with Crippen LogP contribution in [0.2, 0.25) is 0 Å². The molecule has 1 aromatic heterocycles. The number of nitrogens with one attached hydrogen (secondary N) is 1. The molecule has 0 radical (unpaired) electrons. The van der Waals surface area contributed by atoms with Crippen molar-refractivity contribution in [1.29, 1.82) is 0 Å². The molecule has 1 heterocycles. The minimum absolute atomic E-state index is 0.273. The number of rotatable bonds is 4. The molecule has 0 aliphatic rings. The molecule has 5 nitrogen and oxygen atoms in total. The molecule has 0 saturated carbocycles. The first-order chi connectivity index (χ1) is 9.63. The SMILES string of the molecule is COc1ccc(OC)c(NC(=O)c2cncc(Br)c2)c1. The average Bonchev–Trinajstić information content (AvgIpc) is 2.47. The van der Waals surface area contributed by atoms with Gasteiger partial charge in [-0.3, -0.25) is 9.78 Å². The van der Waals surface area contributed by atoms with Crippen LogP contribution >= 0.6 is 15.9 Å². The molecule has 0 aliphatic heterocycles. The molecule has 2 rings (SSSR count). The van der Waals surface area contributed by atoms with Gasteiger partial charge in [-0.1, -0.05) is 0 Å². The number of nitrogens with zero attached hydrogens (tertiary/aromatic N) is 1. The van der Waals surface area contributed by atoms with E-state index in [0.717, 1.165) is 4.47 Å². The van der Waals surface area contributed by atoms with Gasteiger partial charge in [0.1, 0.15) is 11.5 Å². The van der Waals surface area contributed by atoms with Crippen molar-refractivity contribution in [2.24, 2.45) is 0 Å². The summed E-state index contributed by atoms with van der Waals surface area (Å²) in [6.45, 7) is 0. The second-order valence-electron chi connectivity index (χ2n) is 3.91. The third-order valence-corrected chi connectivity index (χ3v) is 3.06. The van der Waals surface area contributed by atoms with Gasteiger partial charge in [-0.05, 0) is 34.1 Å². The van der Waals surface area contributed by atoms with E-state index in [1.54, 1.807) is 37.6 Å². The van der Waals surface area contributed by atoms with E-state index in [-0.39, 0.29) is 5.91 Å². The number of carbonyl (C=O) groups is 1. The van der Waals surface area contributed by atoms with Crippen LogP contribution in [0.15, 0.2) is 41.1 Å². The Morgan fingerprint density at radius 3 is 2.65 bits per heavy atom. The lowest BCUT2D eigenvalue weighted by Gasteiger charge is -2.11. The quantitative estimate of drug-likeness (QED) is 0.931. The Morgan fingerprint density at radius 2 is 2.00 bits per heavy atom. The summed E-state index contributed by atoms with van der Waals surface area (Å²) in [6.07, 6.45) is 3.11. The molecule has 0 unspecified atom stereocenters. The standard InChI is InChI=1S/C14H13BrN2O3/c1-19-11-3-4-13(20-2)12(6-11)17-14(18)9-5-10(15)8-16-7-9/h3-8H,1-2H3,(H,17,18). The van der Waals surface area contributed by atoms with E-state index in [1.165, 1.54) is 13.3 Å². The van der Waals surface area contributed by atoms with Crippen LogP contribution in [0.3, 0.4) is 0 Å². The van der Waals surface area contributed by atoms with Crippen molar-refractivity contribution in [2.75, 3.05) is 19.5 Å². The van der Waals surface area contributed by atoms with Crippen LogP contribution in [0.4, 0.5) is 5.69 Å². The van der Waals surface area contributed by atoms with E-state index in [2.05, 4.69) is 26.2 Å². The summed E-state index contributed by atoms with van der Waals surface area (Å²) in [5, 5.41) is 2.77. The first kappa shape index (κ1) is 14.3. The zero-order valence-corrected chi connectivity index (χ0v) is 12.6. The molecule has 1 N–H and O–H groups in total. The molecule has 2 aromatic rings. The Balaban J connectivity index is 2.27. The molecule has 1 aromatic carbocycles. The minimum Gasteiger partial charge on any atom is -0.497 e. The molecular weight excluding hydrogens is 324 g/mol. The van der Waals surface area contributed by atoms with Crippen molar-refractivity contribution in [1.82, 2.24) is 4.98 Å². The molecule has 0 saturated heterocycles. The number of halogens is 1. The molecule has 20 heavy (non-hydrogen) atoms. The minimum atomic E-state index is -0.273. The molecule has 0 spiro atoms. The molecule has 1 amide bonds.